The van der Waals surface area contributed by atoms with Gasteiger partial charge >= 0.3 is 0 Å². The van der Waals surface area contributed by atoms with E-state index in [-0.39, 0.29) is 0 Å². The highest BCUT2D eigenvalue weighted by Crippen LogP contribution is 2.20. The summed E-state index contributed by atoms with van der Waals surface area (Å²) >= 11 is 11.2. The lowest BCUT2D eigenvalue weighted by Gasteiger charge is -2.10. The van der Waals surface area contributed by atoms with Gasteiger partial charge in [-0.3, -0.25) is 4.98 Å². The van der Waals surface area contributed by atoms with E-state index < -0.39 is 0 Å². The van der Waals surface area contributed by atoms with Gasteiger partial charge in [-0.1, -0.05) is 17.7 Å². The summed E-state index contributed by atoms with van der Waals surface area (Å²) in [5.74, 6) is 0.591. The van der Waals surface area contributed by atoms with Gasteiger partial charge in [0, 0.05) is 23.1 Å². The normalized spacial score (nSPS) is 9.89. The molecule has 1 heterocycles. The van der Waals surface area contributed by atoms with Crippen LogP contribution < -0.4 is 10.6 Å². The molecule has 0 radical (unpaired) electrons. The summed E-state index contributed by atoms with van der Waals surface area (Å²) in [4.78, 5) is 8.00. The fraction of sp³-hybridized carbons (Fsp3) is 0.0833. The monoisotopic (exact) mass is 278 g/mol. The molecule has 18 heavy (non-hydrogen) atoms. The third kappa shape index (κ3) is 3.38. The van der Waals surface area contributed by atoms with Gasteiger partial charge < -0.3 is 10.6 Å². The van der Waals surface area contributed by atoms with E-state index >= 15 is 0 Å². The summed E-state index contributed by atoms with van der Waals surface area (Å²) < 4.78 is 0. The van der Waals surface area contributed by atoms with Crippen LogP contribution in [0.15, 0.2) is 36.8 Å². The summed E-state index contributed by atoms with van der Waals surface area (Å²) in [6, 6.07) is 5.66. The van der Waals surface area contributed by atoms with Gasteiger partial charge in [-0.15, -0.1) is 0 Å². The first-order valence-electron chi connectivity index (χ1n) is 5.25. The Kier molecular flexibility index (Phi) is 4.07. The Bertz CT molecular complexity index is 559. The lowest BCUT2D eigenvalue weighted by Crippen LogP contribution is -2.19. The molecule has 1 aromatic carbocycles. The minimum atomic E-state index is 0.440. The molecule has 0 saturated heterocycles. The number of hydrogen-bond acceptors (Lipinski definition) is 3. The van der Waals surface area contributed by atoms with Crippen LogP contribution >= 0.6 is 23.8 Å². The van der Waals surface area contributed by atoms with Crippen molar-refractivity contribution in [2.24, 2.45) is 0 Å². The van der Waals surface area contributed by atoms with E-state index in [9.17, 15) is 0 Å². The quantitative estimate of drug-likeness (QED) is 0.826. The second kappa shape index (κ2) is 5.75. The van der Waals surface area contributed by atoms with Crippen LogP contribution in [0, 0.1) is 6.92 Å². The smallest absolute Gasteiger partial charge is 0.176 e. The molecule has 0 aliphatic heterocycles. The summed E-state index contributed by atoms with van der Waals surface area (Å²) in [5.41, 5.74) is 1.85. The van der Waals surface area contributed by atoms with Gasteiger partial charge in [-0.2, -0.15) is 0 Å². The van der Waals surface area contributed by atoms with E-state index in [0.717, 1.165) is 11.3 Å². The molecule has 0 amide bonds. The average molecular weight is 279 g/mol. The largest absolute Gasteiger partial charge is 0.332 e. The number of aromatic nitrogens is 2. The molecule has 0 spiro atoms. The van der Waals surface area contributed by atoms with Crippen LogP contribution in [0.4, 0.5) is 11.5 Å². The topological polar surface area (TPSA) is 49.8 Å². The average Bonchev–Trinajstić information content (AvgIpc) is 2.35. The number of hydrogen-bond donors (Lipinski definition) is 2. The molecular weight excluding hydrogens is 268 g/mol. The fourth-order valence-electron chi connectivity index (χ4n) is 1.31. The lowest BCUT2D eigenvalue weighted by atomic mass is 10.2. The molecule has 2 rings (SSSR count). The Hall–Kier alpha value is -1.72. The molecule has 0 fully saturated rings. The predicted molar refractivity (Wildman–Crippen MR) is 78.1 cm³/mol. The maximum atomic E-state index is 6.03. The highest BCUT2D eigenvalue weighted by molar-refractivity contribution is 7.80. The van der Waals surface area contributed by atoms with Crippen molar-refractivity contribution in [1.82, 2.24) is 9.97 Å². The first-order valence-corrected chi connectivity index (χ1v) is 6.04. The van der Waals surface area contributed by atoms with Crippen molar-refractivity contribution in [2.75, 3.05) is 10.6 Å². The first kappa shape index (κ1) is 12.7. The molecule has 1 aromatic heterocycles. The van der Waals surface area contributed by atoms with Crippen molar-refractivity contribution >= 4 is 40.4 Å². The van der Waals surface area contributed by atoms with E-state index in [0.29, 0.717) is 16.0 Å². The van der Waals surface area contributed by atoms with Crippen LogP contribution in [0.2, 0.25) is 5.02 Å². The number of nitrogens with zero attached hydrogens (tertiary/aromatic N) is 2. The van der Waals surface area contributed by atoms with E-state index in [2.05, 4.69) is 20.6 Å². The van der Waals surface area contributed by atoms with Gasteiger partial charge in [0.05, 0.1) is 6.20 Å². The van der Waals surface area contributed by atoms with Crippen molar-refractivity contribution in [3.05, 3.63) is 47.4 Å². The fourth-order valence-corrected chi connectivity index (χ4v) is 1.72. The van der Waals surface area contributed by atoms with Crippen LogP contribution in [0.3, 0.4) is 0 Å². The van der Waals surface area contributed by atoms with Gasteiger partial charge in [-0.25, -0.2) is 4.98 Å². The Labute approximate surface area is 115 Å². The highest BCUT2D eigenvalue weighted by atomic mass is 35.5. The zero-order valence-electron chi connectivity index (χ0n) is 9.64. The van der Waals surface area contributed by atoms with Crippen molar-refractivity contribution in [3.8, 4) is 0 Å². The van der Waals surface area contributed by atoms with Gasteiger partial charge in [0.25, 0.3) is 0 Å². The zero-order valence-corrected chi connectivity index (χ0v) is 11.2. The maximum absolute atomic E-state index is 6.03. The molecule has 0 atom stereocenters. The van der Waals surface area contributed by atoms with Crippen molar-refractivity contribution in [2.45, 2.75) is 6.92 Å². The van der Waals surface area contributed by atoms with Gasteiger partial charge in [0.1, 0.15) is 0 Å². The molecule has 4 nitrogen and oxygen atoms in total. The van der Waals surface area contributed by atoms with E-state index in [1.165, 1.54) is 0 Å². The van der Waals surface area contributed by atoms with E-state index in [4.69, 9.17) is 23.8 Å². The minimum Gasteiger partial charge on any atom is -0.332 e. The summed E-state index contributed by atoms with van der Waals surface area (Å²) in [7, 11) is 0. The van der Waals surface area contributed by atoms with Gasteiger partial charge in [0.15, 0.2) is 10.9 Å². The molecule has 92 valence electrons. The van der Waals surface area contributed by atoms with Crippen LogP contribution in [0.1, 0.15) is 5.56 Å². The Morgan fingerprint density at radius 3 is 2.78 bits per heavy atom. The molecule has 0 unspecified atom stereocenters. The summed E-state index contributed by atoms with van der Waals surface area (Å²) in [5, 5.41) is 7.09. The summed E-state index contributed by atoms with van der Waals surface area (Å²) in [6.07, 6.45) is 4.78. The number of nitrogens with one attached hydrogen (secondary N) is 2. The number of halogens is 1. The number of aryl methyl sites for hydroxylation is 1. The minimum absolute atomic E-state index is 0.440. The molecule has 2 N–H and O–H groups in total. The molecule has 0 saturated carbocycles. The second-order valence-electron chi connectivity index (χ2n) is 3.63. The zero-order chi connectivity index (χ0) is 13.0. The first-order chi connectivity index (χ1) is 8.65. The standard InChI is InChI=1S/C12H11ClN4S/c1-8-2-3-9(6-10(8)13)16-12(18)17-11-7-14-4-5-15-11/h2-7H,1H3,(H2,15,16,17,18). The van der Waals surface area contributed by atoms with Crippen LogP contribution in [-0.4, -0.2) is 15.1 Å². The summed E-state index contributed by atoms with van der Waals surface area (Å²) in [6.45, 7) is 1.95. The molecule has 2 aromatic rings. The number of anilines is 2. The van der Waals surface area contributed by atoms with Crippen molar-refractivity contribution < 1.29 is 0 Å². The third-order valence-electron chi connectivity index (χ3n) is 2.23. The third-order valence-corrected chi connectivity index (χ3v) is 2.85. The number of benzene rings is 1. The maximum Gasteiger partial charge on any atom is 0.176 e. The van der Waals surface area contributed by atoms with Gasteiger partial charge in [0.2, 0.25) is 0 Å². The second-order valence-corrected chi connectivity index (χ2v) is 4.45. The molecular formula is C12H11ClN4S. The van der Waals surface area contributed by atoms with Gasteiger partial charge in [-0.05, 0) is 36.8 Å². The Morgan fingerprint density at radius 2 is 2.11 bits per heavy atom. The molecule has 0 bridgehead atoms. The van der Waals surface area contributed by atoms with E-state index in [1.54, 1.807) is 18.6 Å². The molecule has 6 heteroatoms. The molecule has 0 aliphatic carbocycles. The Morgan fingerprint density at radius 1 is 1.28 bits per heavy atom. The molecule has 0 aliphatic rings. The van der Waals surface area contributed by atoms with Crippen LogP contribution in [-0.2, 0) is 0 Å². The van der Waals surface area contributed by atoms with E-state index in [1.807, 2.05) is 25.1 Å². The van der Waals surface area contributed by atoms with Crippen molar-refractivity contribution in [3.63, 3.8) is 0 Å². The van der Waals surface area contributed by atoms with Crippen LogP contribution in [0.5, 0.6) is 0 Å². The van der Waals surface area contributed by atoms with Crippen LogP contribution in [0.25, 0.3) is 0 Å². The SMILES string of the molecule is Cc1ccc(NC(=S)Nc2cnccn2)cc1Cl. The Balaban J connectivity index is 2.01. The number of thiocarbonyl (C=S) groups is 1. The predicted octanol–water partition coefficient (Wildman–Crippen LogP) is 3.25. The highest BCUT2D eigenvalue weighted by Gasteiger charge is 2.01. The lowest BCUT2D eigenvalue weighted by molar-refractivity contribution is 1.21. The number of rotatable bonds is 2. The van der Waals surface area contributed by atoms with Crippen molar-refractivity contribution in [1.29, 1.82) is 0 Å².